The van der Waals surface area contributed by atoms with Gasteiger partial charge in [0.1, 0.15) is 5.69 Å². The molecule has 0 unspecified atom stereocenters. The average Bonchev–Trinajstić information content (AvgIpc) is 2.94. The van der Waals surface area contributed by atoms with Crippen molar-refractivity contribution in [3.8, 4) is 0 Å². The van der Waals surface area contributed by atoms with E-state index in [0.29, 0.717) is 21.3 Å². The fourth-order valence-electron chi connectivity index (χ4n) is 1.48. The van der Waals surface area contributed by atoms with E-state index in [9.17, 15) is 9.59 Å². The van der Waals surface area contributed by atoms with Crippen LogP contribution in [0.2, 0.25) is 5.02 Å². The topological polar surface area (TPSA) is 88.0 Å². The Kier molecular flexibility index (Phi) is 4.70. The van der Waals surface area contributed by atoms with Crippen LogP contribution in [0.4, 0.5) is 5.69 Å². The van der Waals surface area contributed by atoms with Crippen molar-refractivity contribution in [2.24, 2.45) is 0 Å². The lowest BCUT2D eigenvalue weighted by atomic mass is 10.3. The van der Waals surface area contributed by atoms with Crippen LogP contribution in [0.3, 0.4) is 0 Å². The first-order valence-corrected chi connectivity index (χ1v) is 7.08. The van der Waals surface area contributed by atoms with Crippen molar-refractivity contribution in [2.45, 2.75) is 4.90 Å². The quantitative estimate of drug-likeness (QED) is 0.597. The van der Waals surface area contributed by atoms with Gasteiger partial charge in [-0.1, -0.05) is 11.6 Å². The average molecular weight is 310 g/mol. The van der Waals surface area contributed by atoms with Gasteiger partial charge in [0.25, 0.3) is 5.91 Å². The fourth-order valence-corrected chi connectivity index (χ4v) is 2.52. The minimum atomic E-state index is -0.459. The van der Waals surface area contributed by atoms with Gasteiger partial charge in [0, 0.05) is 21.8 Å². The molecule has 2 amide bonds. The van der Waals surface area contributed by atoms with Crippen molar-refractivity contribution in [1.29, 1.82) is 0 Å². The minimum absolute atomic E-state index is 0.0803. The number of carbonyl (C=O) groups excluding carboxylic acids is 2. The lowest BCUT2D eigenvalue weighted by Crippen LogP contribution is -2.32. The van der Waals surface area contributed by atoms with Crippen molar-refractivity contribution in [3.05, 3.63) is 47.2 Å². The van der Waals surface area contributed by atoms with Crippen LogP contribution in [0, 0.1) is 0 Å². The van der Waals surface area contributed by atoms with Crippen LogP contribution in [-0.4, -0.2) is 22.6 Å². The number of H-pyrrole nitrogens is 1. The number of aromatic amines is 1. The van der Waals surface area contributed by atoms with Gasteiger partial charge in [0.05, 0.1) is 5.75 Å². The van der Waals surface area contributed by atoms with Gasteiger partial charge in [-0.2, -0.15) is 0 Å². The maximum absolute atomic E-state index is 11.7. The van der Waals surface area contributed by atoms with Crippen molar-refractivity contribution < 1.29 is 9.59 Å². The first kappa shape index (κ1) is 14.5. The second-order valence-corrected chi connectivity index (χ2v) is 5.39. The molecule has 0 aliphatic rings. The highest BCUT2D eigenvalue weighted by Gasteiger charge is 2.12. The Bertz CT molecular complexity index is 629. The molecule has 2 rings (SSSR count). The normalized spacial score (nSPS) is 10.2. The van der Waals surface area contributed by atoms with Gasteiger partial charge in [-0.15, -0.1) is 11.8 Å². The lowest BCUT2D eigenvalue weighted by molar-refractivity contribution is -0.117. The van der Waals surface area contributed by atoms with Crippen LogP contribution in [0.1, 0.15) is 10.5 Å². The van der Waals surface area contributed by atoms with Crippen LogP contribution in [0.15, 0.2) is 41.4 Å². The van der Waals surface area contributed by atoms with Crippen LogP contribution in [-0.2, 0) is 4.79 Å². The summed E-state index contributed by atoms with van der Waals surface area (Å²) in [6.07, 6.45) is 1.61. The molecule has 0 bridgehead atoms. The molecular weight excluding hydrogens is 298 g/mol. The molecule has 1 aromatic heterocycles. The highest BCUT2D eigenvalue weighted by molar-refractivity contribution is 8.00. The molecule has 20 heavy (non-hydrogen) atoms. The minimum Gasteiger partial charge on any atom is -0.398 e. The number of nitrogens with two attached hydrogens (primary N) is 1. The number of halogens is 1. The SMILES string of the molecule is Nc1ccc(Cl)cc1SCC(=O)NC(=O)c1ccc[nH]1. The summed E-state index contributed by atoms with van der Waals surface area (Å²) in [5, 5.41) is 2.83. The summed E-state index contributed by atoms with van der Waals surface area (Å²) >= 11 is 7.08. The van der Waals surface area contributed by atoms with Crippen LogP contribution < -0.4 is 11.1 Å². The summed E-state index contributed by atoms with van der Waals surface area (Å²) < 4.78 is 0. The second kappa shape index (κ2) is 6.49. The second-order valence-electron chi connectivity index (χ2n) is 3.93. The number of nitrogens with one attached hydrogen (secondary N) is 2. The van der Waals surface area contributed by atoms with Crippen LogP contribution in [0.25, 0.3) is 0 Å². The molecule has 104 valence electrons. The highest BCUT2D eigenvalue weighted by Crippen LogP contribution is 2.27. The van der Waals surface area contributed by atoms with Gasteiger partial charge >= 0.3 is 0 Å². The largest absolute Gasteiger partial charge is 0.398 e. The Balaban J connectivity index is 1.89. The van der Waals surface area contributed by atoms with E-state index in [0.717, 1.165) is 0 Å². The number of carbonyl (C=O) groups is 2. The van der Waals surface area contributed by atoms with E-state index in [4.69, 9.17) is 17.3 Å². The number of nitrogen functional groups attached to an aromatic ring is 1. The molecule has 1 aromatic carbocycles. The number of aromatic nitrogens is 1. The Morgan fingerprint density at radius 2 is 2.15 bits per heavy atom. The Morgan fingerprint density at radius 3 is 2.85 bits per heavy atom. The molecule has 0 atom stereocenters. The van der Waals surface area contributed by atoms with Crippen molar-refractivity contribution in [3.63, 3.8) is 0 Å². The van der Waals surface area contributed by atoms with Crippen molar-refractivity contribution in [2.75, 3.05) is 11.5 Å². The summed E-state index contributed by atoms with van der Waals surface area (Å²) in [5.41, 5.74) is 6.65. The van der Waals surface area contributed by atoms with E-state index in [-0.39, 0.29) is 5.75 Å². The summed E-state index contributed by atoms with van der Waals surface area (Å²) in [5.74, 6) is -0.773. The predicted molar refractivity (Wildman–Crippen MR) is 79.9 cm³/mol. The third-order valence-electron chi connectivity index (χ3n) is 2.43. The molecule has 0 fully saturated rings. The Hall–Kier alpha value is -1.92. The number of thioether (sulfide) groups is 1. The maximum atomic E-state index is 11.7. The van der Waals surface area contributed by atoms with Gasteiger partial charge < -0.3 is 10.7 Å². The summed E-state index contributed by atoms with van der Waals surface area (Å²) in [7, 11) is 0. The number of rotatable bonds is 4. The summed E-state index contributed by atoms with van der Waals surface area (Å²) in [6, 6.07) is 8.30. The third kappa shape index (κ3) is 3.79. The number of hydrogen-bond acceptors (Lipinski definition) is 4. The molecule has 0 saturated heterocycles. The molecule has 0 radical (unpaired) electrons. The van der Waals surface area contributed by atoms with Gasteiger partial charge in [-0.25, -0.2) is 0 Å². The van der Waals surface area contributed by atoms with E-state index in [1.54, 1.807) is 36.5 Å². The zero-order chi connectivity index (χ0) is 14.5. The number of hydrogen-bond donors (Lipinski definition) is 3. The molecule has 5 nitrogen and oxygen atoms in total. The summed E-state index contributed by atoms with van der Waals surface area (Å²) in [6.45, 7) is 0. The number of imide groups is 1. The zero-order valence-corrected chi connectivity index (χ0v) is 11.9. The molecule has 4 N–H and O–H groups in total. The van der Waals surface area contributed by atoms with E-state index in [1.807, 2.05) is 0 Å². The standard InChI is InChI=1S/C13H12ClN3O2S/c14-8-3-4-9(15)11(6-8)20-7-12(18)17-13(19)10-2-1-5-16-10/h1-6,16H,7,15H2,(H,17,18,19). The van der Waals surface area contributed by atoms with Gasteiger partial charge in [0.2, 0.25) is 5.91 Å². The smallest absolute Gasteiger partial charge is 0.274 e. The molecule has 0 aliphatic heterocycles. The van der Waals surface area contributed by atoms with Crippen LogP contribution >= 0.6 is 23.4 Å². The van der Waals surface area contributed by atoms with Crippen molar-refractivity contribution >= 4 is 40.9 Å². The number of anilines is 1. The van der Waals surface area contributed by atoms with Gasteiger partial charge in [-0.05, 0) is 30.3 Å². The molecule has 0 aliphatic carbocycles. The van der Waals surface area contributed by atoms with Gasteiger partial charge in [-0.3, -0.25) is 14.9 Å². The predicted octanol–water partition coefficient (Wildman–Crippen LogP) is 2.30. The number of benzene rings is 1. The monoisotopic (exact) mass is 309 g/mol. The fraction of sp³-hybridized carbons (Fsp3) is 0.0769. The first-order valence-electron chi connectivity index (χ1n) is 5.71. The van der Waals surface area contributed by atoms with E-state index in [1.165, 1.54) is 11.8 Å². The van der Waals surface area contributed by atoms with Crippen molar-refractivity contribution in [1.82, 2.24) is 10.3 Å². The Morgan fingerprint density at radius 1 is 1.35 bits per heavy atom. The van der Waals surface area contributed by atoms with Gasteiger partial charge in [0.15, 0.2) is 0 Å². The third-order valence-corrected chi connectivity index (χ3v) is 3.74. The van der Waals surface area contributed by atoms with Crippen LogP contribution in [0.5, 0.6) is 0 Å². The van der Waals surface area contributed by atoms with E-state index in [2.05, 4.69) is 10.3 Å². The molecular formula is C13H12ClN3O2S. The van der Waals surface area contributed by atoms with E-state index >= 15 is 0 Å². The van der Waals surface area contributed by atoms with E-state index < -0.39 is 11.8 Å². The Labute approximate surface area is 124 Å². The molecule has 0 saturated carbocycles. The number of amides is 2. The molecule has 7 heteroatoms. The molecule has 2 aromatic rings. The zero-order valence-electron chi connectivity index (χ0n) is 10.4. The maximum Gasteiger partial charge on any atom is 0.274 e. The molecule has 0 spiro atoms. The molecule has 1 heterocycles. The lowest BCUT2D eigenvalue weighted by Gasteiger charge is -2.06. The summed E-state index contributed by atoms with van der Waals surface area (Å²) in [4.78, 5) is 26.7. The first-order chi connectivity index (χ1) is 9.56. The highest BCUT2D eigenvalue weighted by atomic mass is 35.5.